The van der Waals surface area contributed by atoms with Crippen LogP contribution in [0.1, 0.15) is 23.3 Å². The maximum Gasteiger partial charge on any atom is 0.274 e. The van der Waals surface area contributed by atoms with Crippen molar-refractivity contribution in [1.82, 2.24) is 19.7 Å². The van der Waals surface area contributed by atoms with Gasteiger partial charge in [-0.05, 0) is 49.2 Å². The van der Waals surface area contributed by atoms with Gasteiger partial charge in [-0.15, -0.1) is 0 Å². The number of rotatable bonds is 5. The van der Waals surface area contributed by atoms with Crippen molar-refractivity contribution in [2.75, 3.05) is 20.2 Å². The van der Waals surface area contributed by atoms with Gasteiger partial charge < -0.3 is 14.4 Å². The Kier molecular flexibility index (Phi) is 5.56. The summed E-state index contributed by atoms with van der Waals surface area (Å²) in [6.45, 7) is 0.983. The Morgan fingerprint density at radius 2 is 2.03 bits per heavy atom. The van der Waals surface area contributed by atoms with Gasteiger partial charge in [0.2, 0.25) is 5.88 Å². The number of likely N-dealkylation sites (tertiary alicyclic amines) is 1. The van der Waals surface area contributed by atoms with Crippen molar-refractivity contribution in [2.24, 2.45) is 5.92 Å². The lowest BCUT2D eigenvalue weighted by Crippen LogP contribution is -2.40. The third kappa shape index (κ3) is 3.94. The van der Waals surface area contributed by atoms with Crippen LogP contribution in [-0.2, 0) is 4.79 Å². The topological polar surface area (TPSA) is 77.3 Å². The average molecular weight is 408 g/mol. The van der Waals surface area contributed by atoms with Crippen molar-refractivity contribution in [2.45, 2.75) is 12.8 Å². The molecule has 1 atom stereocenters. The molecule has 30 heavy (non-hydrogen) atoms. The van der Waals surface area contributed by atoms with E-state index >= 15 is 0 Å². The van der Waals surface area contributed by atoms with Crippen LogP contribution in [0.25, 0.3) is 16.9 Å². The summed E-state index contributed by atoms with van der Waals surface area (Å²) in [7, 11) is 1.53. The number of carbonyl (C=O) groups is 2. The number of benzene rings is 1. The molecule has 154 valence electrons. The van der Waals surface area contributed by atoms with Crippen LogP contribution in [0.3, 0.4) is 0 Å². The van der Waals surface area contributed by atoms with Crippen molar-refractivity contribution in [3.63, 3.8) is 0 Å². The van der Waals surface area contributed by atoms with Crippen molar-refractivity contribution in [3.8, 4) is 22.8 Å². The molecule has 1 aromatic carbocycles. The highest BCUT2D eigenvalue weighted by atomic mass is 19.1. The van der Waals surface area contributed by atoms with E-state index in [4.69, 9.17) is 4.74 Å². The molecule has 0 bridgehead atoms. The Hall–Kier alpha value is -3.55. The summed E-state index contributed by atoms with van der Waals surface area (Å²) in [6.07, 6.45) is 4.07. The molecule has 0 spiro atoms. The van der Waals surface area contributed by atoms with Crippen LogP contribution < -0.4 is 4.74 Å². The number of piperidine rings is 1. The van der Waals surface area contributed by atoms with Gasteiger partial charge in [-0.3, -0.25) is 4.79 Å². The molecule has 1 aliphatic heterocycles. The summed E-state index contributed by atoms with van der Waals surface area (Å²) in [4.78, 5) is 30.1. The molecule has 3 heterocycles. The summed E-state index contributed by atoms with van der Waals surface area (Å²) in [6, 6.07) is 11.2. The number of amides is 1. The normalized spacial score (nSPS) is 16.3. The SMILES string of the molecule is COc1ccc(-n2nc(C(=O)N3CCCC(C=O)C3)cc2-c2ccc(F)cc2)cn1. The fourth-order valence-electron chi connectivity index (χ4n) is 3.59. The van der Waals surface area contributed by atoms with Crippen LogP contribution >= 0.6 is 0 Å². The molecule has 1 aliphatic rings. The molecular formula is C22H21FN4O3. The van der Waals surface area contributed by atoms with E-state index in [-0.39, 0.29) is 23.3 Å². The predicted octanol–water partition coefficient (Wildman–Crippen LogP) is 3.13. The third-order valence-corrected chi connectivity index (χ3v) is 5.18. The van der Waals surface area contributed by atoms with Crippen LogP contribution in [0, 0.1) is 11.7 Å². The standard InChI is InChI=1S/C22H21FN4O3/c1-30-21-9-8-18(12-24-21)27-20(16-4-6-17(23)7-5-16)11-19(25-27)22(29)26-10-2-3-15(13-26)14-28/h4-9,11-12,14-15H,2-3,10,13H2,1H3. The average Bonchev–Trinajstić information content (AvgIpc) is 3.24. The summed E-state index contributed by atoms with van der Waals surface area (Å²) in [5, 5.41) is 4.52. The van der Waals surface area contributed by atoms with Gasteiger partial charge in [0.25, 0.3) is 5.91 Å². The molecule has 2 aromatic heterocycles. The van der Waals surface area contributed by atoms with Gasteiger partial charge in [0.1, 0.15) is 12.1 Å². The zero-order chi connectivity index (χ0) is 21.1. The number of carbonyl (C=O) groups excluding carboxylic acids is 2. The van der Waals surface area contributed by atoms with Crippen LogP contribution in [0.5, 0.6) is 5.88 Å². The molecule has 0 saturated carbocycles. The van der Waals surface area contributed by atoms with Crippen molar-refractivity contribution >= 4 is 12.2 Å². The first-order valence-corrected chi connectivity index (χ1v) is 9.70. The summed E-state index contributed by atoms with van der Waals surface area (Å²) >= 11 is 0. The van der Waals surface area contributed by atoms with E-state index in [1.807, 2.05) is 0 Å². The van der Waals surface area contributed by atoms with E-state index < -0.39 is 0 Å². The zero-order valence-corrected chi connectivity index (χ0v) is 16.5. The monoisotopic (exact) mass is 408 g/mol. The van der Waals surface area contributed by atoms with Gasteiger partial charge in [-0.25, -0.2) is 14.1 Å². The Balaban J connectivity index is 1.74. The summed E-state index contributed by atoms with van der Waals surface area (Å²) in [5.74, 6) is -0.267. The van der Waals surface area contributed by atoms with Gasteiger partial charge in [0.05, 0.1) is 24.7 Å². The Labute approximate surface area is 173 Å². The molecule has 3 aromatic rings. The molecule has 1 amide bonds. The Morgan fingerprint density at radius 1 is 1.23 bits per heavy atom. The first kappa shape index (κ1) is 19.8. The predicted molar refractivity (Wildman–Crippen MR) is 108 cm³/mol. The third-order valence-electron chi connectivity index (χ3n) is 5.18. The van der Waals surface area contributed by atoms with Crippen LogP contribution in [-0.4, -0.2) is 52.1 Å². The summed E-state index contributed by atoms with van der Waals surface area (Å²) in [5.41, 5.74) is 2.24. The molecule has 1 saturated heterocycles. The van der Waals surface area contributed by atoms with E-state index in [0.29, 0.717) is 35.9 Å². The highest BCUT2D eigenvalue weighted by Gasteiger charge is 2.27. The van der Waals surface area contributed by atoms with Crippen LogP contribution in [0.15, 0.2) is 48.7 Å². The lowest BCUT2D eigenvalue weighted by Gasteiger charge is -2.29. The highest BCUT2D eigenvalue weighted by molar-refractivity contribution is 5.94. The molecule has 0 radical (unpaired) electrons. The molecule has 8 heteroatoms. The zero-order valence-electron chi connectivity index (χ0n) is 16.5. The molecule has 0 aliphatic carbocycles. The largest absolute Gasteiger partial charge is 0.481 e. The van der Waals surface area contributed by atoms with Crippen LogP contribution in [0.2, 0.25) is 0 Å². The van der Waals surface area contributed by atoms with E-state index in [1.165, 1.54) is 19.2 Å². The van der Waals surface area contributed by atoms with E-state index in [2.05, 4.69) is 10.1 Å². The molecule has 1 fully saturated rings. The van der Waals surface area contributed by atoms with Gasteiger partial charge in [0, 0.05) is 30.6 Å². The second kappa shape index (κ2) is 8.44. The molecule has 0 N–H and O–H groups in total. The smallest absolute Gasteiger partial charge is 0.274 e. The van der Waals surface area contributed by atoms with Gasteiger partial charge in [-0.2, -0.15) is 5.10 Å². The fourth-order valence-corrected chi connectivity index (χ4v) is 3.59. The lowest BCUT2D eigenvalue weighted by molar-refractivity contribution is -0.112. The van der Waals surface area contributed by atoms with Crippen molar-refractivity contribution in [3.05, 3.63) is 60.2 Å². The molecular weight excluding hydrogens is 387 g/mol. The minimum atomic E-state index is -0.347. The maximum atomic E-state index is 13.4. The quantitative estimate of drug-likeness (QED) is 0.606. The Morgan fingerprint density at radius 3 is 2.70 bits per heavy atom. The van der Waals surface area contributed by atoms with Crippen molar-refractivity contribution < 1.29 is 18.7 Å². The number of aldehydes is 1. The maximum absolute atomic E-state index is 13.4. The van der Waals surface area contributed by atoms with Crippen molar-refractivity contribution in [1.29, 1.82) is 0 Å². The number of nitrogens with zero attached hydrogens (tertiary/aromatic N) is 4. The first-order chi connectivity index (χ1) is 14.6. The van der Waals surface area contributed by atoms with E-state index in [9.17, 15) is 14.0 Å². The molecule has 1 unspecified atom stereocenters. The fraction of sp³-hybridized carbons (Fsp3) is 0.273. The minimum Gasteiger partial charge on any atom is -0.481 e. The second-order valence-electron chi connectivity index (χ2n) is 7.18. The number of hydrogen-bond acceptors (Lipinski definition) is 5. The molecule has 7 nitrogen and oxygen atoms in total. The van der Waals surface area contributed by atoms with Gasteiger partial charge in [-0.1, -0.05) is 0 Å². The molecule has 4 rings (SSSR count). The second-order valence-corrected chi connectivity index (χ2v) is 7.18. The summed E-state index contributed by atoms with van der Waals surface area (Å²) < 4.78 is 20.1. The number of halogens is 1. The first-order valence-electron chi connectivity index (χ1n) is 9.70. The number of pyridine rings is 1. The van der Waals surface area contributed by atoms with E-state index in [1.54, 1.807) is 46.1 Å². The van der Waals surface area contributed by atoms with Gasteiger partial charge in [0.15, 0.2) is 5.69 Å². The van der Waals surface area contributed by atoms with Gasteiger partial charge >= 0.3 is 0 Å². The number of ether oxygens (including phenoxy) is 1. The lowest BCUT2D eigenvalue weighted by atomic mass is 9.99. The number of methoxy groups -OCH3 is 1. The minimum absolute atomic E-state index is 0.146. The number of hydrogen-bond donors (Lipinski definition) is 0. The van der Waals surface area contributed by atoms with E-state index in [0.717, 1.165) is 19.1 Å². The Bertz CT molecular complexity index is 1050. The highest BCUT2D eigenvalue weighted by Crippen LogP contribution is 2.26. The number of aromatic nitrogens is 3. The van der Waals surface area contributed by atoms with Crippen LogP contribution in [0.4, 0.5) is 4.39 Å².